The molecule has 9 nitrogen and oxygen atoms in total. The van der Waals surface area contributed by atoms with Gasteiger partial charge in [0.2, 0.25) is 11.8 Å². The molecule has 0 aliphatic heterocycles. The second-order valence-electron chi connectivity index (χ2n) is 7.70. The zero-order valence-corrected chi connectivity index (χ0v) is 18.6. The highest BCUT2D eigenvalue weighted by atomic mass is 35.5. The number of aromatic nitrogens is 3. The number of nitrogens with zero attached hydrogens (tertiary/aromatic N) is 3. The van der Waals surface area contributed by atoms with Gasteiger partial charge in [-0.25, -0.2) is 13.8 Å². The molecule has 0 unspecified atom stereocenters. The van der Waals surface area contributed by atoms with Crippen LogP contribution < -0.4 is 14.8 Å². The molecule has 1 saturated carbocycles. The van der Waals surface area contributed by atoms with E-state index in [2.05, 4.69) is 15.3 Å². The Kier molecular flexibility index (Phi) is 8.44. The lowest BCUT2D eigenvalue weighted by atomic mass is 9.95. The van der Waals surface area contributed by atoms with Gasteiger partial charge in [0.25, 0.3) is 12.4 Å². The maximum absolute atomic E-state index is 12.4. The number of imidazole rings is 1. The third kappa shape index (κ3) is 6.17. The molecule has 1 aliphatic carbocycles. The van der Waals surface area contributed by atoms with E-state index in [-0.39, 0.29) is 42.2 Å². The van der Waals surface area contributed by atoms with Gasteiger partial charge in [-0.3, -0.25) is 9.36 Å². The quantitative estimate of drug-likeness (QED) is 0.542. The zero-order chi connectivity index (χ0) is 23.3. The van der Waals surface area contributed by atoms with Crippen LogP contribution in [0.4, 0.5) is 8.78 Å². The Labute approximate surface area is 189 Å². The van der Waals surface area contributed by atoms with Crippen molar-refractivity contribution in [3.05, 3.63) is 11.2 Å². The molecule has 2 N–H and O–H groups in total. The van der Waals surface area contributed by atoms with Gasteiger partial charge in [0.15, 0.2) is 6.61 Å². The average molecular weight is 477 g/mol. The van der Waals surface area contributed by atoms with Gasteiger partial charge in [-0.15, -0.1) is 0 Å². The number of carbonyl (C=O) groups excluding carboxylic acids is 1. The van der Waals surface area contributed by atoms with E-state index in [4.69, 9.17) is 25.8 Å². The van der Waals surface area contributed by atoms with Gasteiger partial charge in [-0.1, -0.05) is 11.6 Å². The molecule has 1 atom stereocenters. The first-order chi connectivity index (χ1) is 15.3. The van der Waals surface area contributed by atoms with Crippen LogP contribution in [0.3, 0.4) is 0 Å². The SMILES string of the molecule is CC(=O)N[C@@H](CO)COC1CCC(Oc2nc3cnc(OCC(F)F)c(Cl)c3n2C)CC1. The fourth-order valence-corrected chi connectivity index (χ4v) is 3.95. The van der Waals surface area contributed by atoms with Gasteiger partial charge in [-0.05, 0) is 25.7 Å². The number of rotatable bonds is 10. The van der Waals surface area contributed by atoms with E-state index in [1.807, 2.05) is 0 Å². The molecule has 1 fully saturated rings. The summed E-state index contributed by atoms with van der Waals surface area (Å²) in [7, 11) is 1.72. The van der Waals surface area contributed by atoms with Gasteiger partial charge in [0, 0.05) is 14.0 Å². The second-order valence-corrected chi connectivity index (χ2v) is 8.07. The average Bonchev–Trinajstić information content (AvgIpc) is 3.07. The Bertz CT molecular complexity index is 921. The predicted octanol–water partition coefficient (Wildman–Crippen LogP) is 2.47. The smallest absolute Gasteiger partial charge is 0.297 e. The molecule has 0 bridgehead atoms. The standard InChI is InChI=1S/C20H27ClF2N4O5/c1-11(29)25-12(8-28)9-30-13-3-5-14(6-4-13)32-20-26-15-7-24-19(31-10-16(22)23)17(21)18(15)27(20)2/h7,12-14,16,28H,3-6,8-10H2,1-2H3,(H,25,29)/t12-,13?,14?/m0/s1. The lowest BCUT2D eigenvalue weighted by Gasteiger charge is -2.29. The number of aryl methyl sites for hydroxylation is 1. The van der Waals surface area contributed by atoms with Crippen molar-refractivity contribution >= 4 is 28.5 Å². The van der Waals surface area contributed by atoms with Crippen molar-refractivity contribution in [2.45, 2.75) is 57.3 Å². The van der Waals surface area contributed by atoms with Crippen molar-refractivity contribution < 1.29 is 32.9 Å². The summed E-state index contributed by atoms with van der Waals surface area (Å²) < 4.78 is 43.4. The molecule has 3 rings (SSSR count). The molecule has 32 heavy (non-hydrogen) atoms. The van der Waals surface area contributed by atoms with Crippen molar-refractivity contribution in [2.24, 2.45) is 7.05 Å². The Hall–Kier alpha value is -2.24. The van der Waals surface area contributed by atoms with Crippen LogP contribution in [0.15, 0.2) is 6.20 Å². The van der Waals surface area contributed by atoms with Crippen LogP contribution in [0, 0.1) is 0 Å². The minimum Gasteiger partial charge on any atom is -0.470 e. The number of nitrogens with one attached hydrogen (secondary N) is 1. The van der Waals surface area contributed by atoms with E-state index in [1.165, 1.54) is 13.1 Å². The van der Waals surface area contributed by atoms with Gasteiger partial charge in [0.1, 0.15) is 16.6 Å². The third-order valence-electron chi connectivity index (χ3n) is 5.18. The van der Waals surface area contributed by atoms with Crippen LogP contribution in [0.25, 0.3) is 11.0 Å². The molecular formula is C20H27ClF2N4O5. The highest BCUT2D eigenvalue weighted by molar-refractivity contribution is 6.36. The van der Waals surface area contributed by atoms with Crippen molar-refractivity contribution in [1.82, 2.24) is 19.9 Å². The molecule has 2 heterocycles. The highest BCUT2D eigenvalue weighted by Gasteiger charge is 2.26. The first-order valence-corrected chi connectivity index (χ1v) is 10.7. The van der Waals surface area contributed by atoms with Crippen LogP contribution in [0.2, 0.25) is 5.02 Å². The van der Waals surface area contributed by atoms with E-state index in [9.17, 15) is 18.7 Å². The molecule has 178 valence electrons. The van der Waals surface area contributed by atoms with Crippen LogP contribution in [-0.4, -0.2) is 70.0 Å². The number of carbonyl (C=O) groups is 1. The molecule has 2 aromatic heterocycles. The molecule has 2 aromatic rings. The fraction of sp³-hybridized carbons (Fsp3) is 0.650. The number of pyridine rings is 1. The number of aliphatic hydroxyl groups excluding tert-OH is 1. The molecule has 0 saturated heterocycles. The summed E-state index contributed by atoms with van der Waals surface area (Å²) >= 11 is 6.30. The maximum Gasteiger partial charge on any atom is 0.297 e. The summed E-state index contributed by atoms with van der Waals surface area (Å²) in [6, 6.07) is -0.0699. The Morgan fingerprint density at radius 2 is 2.00 bits per heavy atom. The second kappa shape index (κ2) is 11.1. The largest absolute Gasteiger partial charge is 0.470 e. The monoisotopic (exact) mass is 476 g/mol. The summed E-state index contributed by atoms with van der Waals surface area (Å²) in [4.78, 5) is 19.5. The summed E-state index contributed by atoms with van der Waals surface area (Å²) in [5.41, 5.74) is 0.966. The lowest BCUT2D eigenvalue weighted by molar-refractivity contribution is -0.120. The number of halogens is 3. The molecule has 0 radical (unpaired) electrons. The summed E-state index contributed by atoms with van der Waals surface area (Å²) in [5.74, 6) is -0.289. The number of alkyl halides is 2. The first-order valence-electron chi connectivity index (χ1n) is 10.4. The number of fused-ring (bicyclic) bond motifs is 1. The summed E-state index contributed by atoms with van der Waals surface area (Å²) in [6.07, 6.45) is 1.74. The van der Waals surface area contributed by atoms with Gasteiger partial charge < -0.3 is 24.6 Å². The topological polar surface area (TPSA) is 108 Å². The van der Waals surface area contributed by atoms with Crippen molar-refractivity contribution in [3.8, 4) is 11.9 Å². The number of ether oxygens (including phenoxy) is 3. The number of amides is 1. The Balaban J connectivity index is 1.56. The zero-order valence-electron chi connectivity index (χ0n) is 17.9. The van der Waals surface area contributed by atoms with E-state index < -0.39 is 19.1 Å². The molecule has 0 aromatic carbocycles. The van der Waals surface area contributed by atoms with Crippen molar-refractivity contribution in [2.75, 3.05) is 19.8 Å². The minimum atomic E-state index is -2.63. The van der Waals surface area contributed by atoms with Crippen LogP contribution in [-0.2, 0) is 16.6 Å². The van der Waals surface area contributed by atoms with Crippen LogP contribution in [0.5, 0.6) is 11.9 Å². The van der Waals surface area contributed by atoms with Crippen LogP contribution in [0.1, 0.15) is 32.6 Å². The Morgan fingerprint density at radius 3 is 2.62 bits per heavy atom. The van der Waals surface area contributed by atoms with Gasteiger partial charge in [0.05, 0.1) is 37.1 Å². The van der Waals surface area contributed by atoms with E-state index in [1.54, 1.807) is 11.6 Å². The summed E-state index contributed by atoms with van der Waals surface area (Å²) in [6.45, 7) is 0.664. The number of aliphatic hydroxyl groups is 1. The molecular weight excluding hydrogens is 450 g/mol. The van der Waals surface area contributed by atoms with Gasteiger partial charge >= 0.3 is 0 Å². The molecule has 1 aliphatic rings. The maximum atomic E-state index is 12.4. The molecule has 1 amide bonds. The normalized spacial score (nSPS) is 19.8. The molecule has 12 heteroatoms. The first kappa shape index (κ1) is 24.4. The van der Waals surface area contributed by atoms with Crippen LogP contribution >= 0.6 is 11.6 Å². The number of hydrogen-bond donors (Lipinski definition) is 2. The van der Waals surface area contributed by atoms with E-state index in [0.717, 1.165) is 25.7 Å². The van der Waals surface area contributed by atoms with Crippen molar-refractivity contribution in [1.29, 1.82) is 0 Å². The highest BCUT2D eigenvalue weighted by Crippen LogP contribution is 2.34. The van der Waals surface area contributed by atoms with E-state index in [0.29, 0.717) is 17.0 Å². The Morgan fingerprint density at radius 1 is 1.31 bits per heavy atom. The summed E-state index contributed by atoms with van der Waals surface area (Å²) in [5, 5.41) is 12.0. The third-order valence-corrected chi connectivity index (χ3v) is 5.52. The lowest BCUT2D eigenvalue weighted by Crippen LogP contribution is -2.41. The number of hydrogen-bond acceptors (Lipinski definition) is 7. The van der Waals surface area contributed by atoms with Crippen molar-refractivity contribution in [3.63, 3.8) is 0 Å². The fourth-order valence-electron chi connectivity index (χ4n) is 3.62. The predicted molar refractivity (Wildman–Crippen MR) is 112 cm³/mol. The van der Waals surface area contributed by atoms with E-state index >= 15 is 0 Å². The minimum absolute atomic E-state index is 0.0197. The molecule has 0 spiro atoms. The van der Waals surface area contributed by atoms with Gasteiger partial charge in [-0.2, -0.15) is 4.98 Å².